The van der Waals surface area contributed by atoms with E-state index in [2.05, 4.69) is 17.6 Å². The van der Waals surface area contributed by atoms with Gasteiger partial charge in [-0.05, 0) is 30.4 Å². The van der Waals surface area contributed by atoms with E-state index in [1.54, 1.807) is 0 Å². The zero-order valence-electron chi connectivity index (χ0n) is 11.5. The number of ether oxygens (including phenoxy) is 1. The fourth-order valence-corrected chi connectivity index (χ4v) is 2.65. The standard InChI is InChI=1S/C14H23N3O2/c1-17-5-2-11(10-17)9-16-13(8-14(15)18)12-3-6-19-7-4-12/h2,5,10,12-13,16H,3-4,6-9H2,1H3,(H2,15,18)/t13-/m0/s1. The van der Waals surface area contributed by atoms with E-state index in [1.165, 1.54) is 5.56 Å². The summed E-state index contributed by atoms with van der Waals surface area (Å²) in [5.74, 6) is 0.238. The maximum absolute atomic E-state index is 11.2. The quantitative estimate of drug-likeness (QED) is 0.799. The number of primary amides is 1. The molecule has 0 radical (unpaired) electrons. The van der Waals surface area contributed by atoms with Crippen molar-refractivity contribution in [2.24, 2.45) is 18.7 Å². The molecule has 5 nitrogen and oxygen atoms in total. The highest BCUT2D eigenvalue weighted by Crippen LogP contribution is 2.21. The monoisotopic (exact) mass is 265 g/mol. The fraction of sp³-hybridized carbons (Fsp3) is 0.643. The van der Waals surface area contributed by atoms with Crippen molar-refractivity contribution in [3.63, 3.8) is 0 Å². The summed E-state index contributed by atoms with van der Waals surface area (Å²) in [6.45, 7) is 2.34. The van der Waals surface area contributed by atoms with Gasteiger partial charge in [0.25, 0.3) is 0 Å². The number of nitrogens with two attached hydrogens (primary N) is 1. The van der Waals surface area contributed by atoms with Crippen molar-refractivity contribution in [3.8, 4) is 0 Å². The molecule has 2 rings (SSSR count). The van der Waals surface area contributed by atoms with Gasteiger partial charge in [-0.1, -0.05) is 0 Å². The molecule has 1 aliphatic rings. The molecular weight excluding hydrogens is 242 g/mol. The minimum absolute atomic E-state index is 0.154. The van der Waals surface area contributed by atoms with Crippen LogP contribution >= 0.6 is 0 Å². The van der Waals surface area contributed by atoms with Crippen LogP contribution in [0.4, 0.5) is 0 Å². The van der Waals surface area contributed by atoms with Crippen LogP contribution in [0.25, 0.3) is 0 Å². The molecule has 0 aliphatic carbocycles. The molecule has 5 heteroatoms. The van der Waals surface area contributed by atoms with Crippen LogP contribution in [0.15, 0.2) is 18.5 Å². The van der Waals surface area contributed by atoms with Gasteiger partial charge in [-0.3, -0.25) is 4.79 Å². The van der Waals surface area contributed by atoms with E-state index in [9.17, 15) is 4.79 Å². The Balaban J connectivity index is 1.90. The number of nitrogens with zero attached hydrogens (tertiary/aromatic N) is 1. The number of aryl methyl sites for hydroxylation is 1. The Morgan fingerprint density at radius 1 is 1.58 bits per heavy atom. The number of nitrogens with one attached hydrogen (secondary N) is 1. The van der Waals surface area contributed by atoms with Gasteiger partial charge in [0.15, 0.2) is 0 Å². The number of amides is 1. The van der Waals surface area contributed by atoms with E-state index in [0.717, 1.165) is 32.6 Å². The smallest absolute Gasteiger partial charge is 0.218 e. The van der Waals surface area contributed by atoms with Gasteiger partial charge in [-0.2, -0.15) is 0 Å². The Hall–Kier alpha value is -1.33. The van der Waals surface area contributed by atoms with Crippen LogP contribution in [0, 0.1) is 5.92 Å². The molecule has 1 fully saturated rings. The summed E-state index contributed by atoms with van der Waals surface area (Å²) in [5, 5.41) is 3.48. The number of carbonyl (C=O) groups excluding carboxylic acids is 1. The van der Waals surface area contributed by atoms with E-state index in [4.69, 9.17) is 10.5 Å². The Bertz CT molecular complexity index is 411. The summed E-state index contributed by atoms with van der Waals surface area (Å²) in [6, 6.07) is 2.24. The highest BCUT2D eigenvalue weighted by Gasteiger charge is 2.25. The Labute approximate surface area is 114 Å². The van der Waals surface area contributed by atoms with Crippen molar-refractivity contribution in [2.45, 2.75) is 31.8 Å². The van der Waals surface area contributed by atoms with Crippen molar-refractivity contribution in [1.29, 1.82) is 0 Å². The predicted octanol–water partition coefficient (Wildman–Crippen LogP) is 0.785. The second kappa shape index (κ2) is 6.73. The second-order valence-electron chi connectivity index (χ2n) is 5.29. The van der Waals surface area contributed by atoms with Gasteiger partial charge in [0.1, 0.15) is 0 Å². The highest BCUT2D eigenvalue weighted by molar-refractivity contribution is 5.74. The summed E-state index contributed by atoms with van der Waals surface area (Å²) in [7, 11) is 2.00. The Morgan fingerprint density at radius 2 is 2.32 bits per heavy atom. The lowest BCUT2D eigenvalue weighted by Gasteiger charge is -2.30. The third-order valence-corrected chi connectivity index (χ3v) is 3.72. The number of hydrogen-bond donors (Lipinski definition) is 2. The number of carbonyl (C=O) groups is 1. The van der Waals surface area contributed by atoms with Gasteiger partial charge in [-0.25, -0.2) is 0 Å². The molecule has 1 aliphatic heterocycles. The van der Waals surface area contributed by atoms with E-state index in [0.29, 0.717) is 12.3 Å². The summed E-state index contributed by atoms with van der Waals surface area (Å²) in [5.41, 5.74) is 6.58. The van der Waals surface area contributed by atoms with Crippen molar-refractivity contribution < 1.29 is 9.53 Å². The van der Waals surface area contributed by atoms with Crippen molar-refractivity contribution in [2.75, 3.05) is 13.2 Å². The molecule has 1 saturated heterocycles. The molecule has 1 aromatic heterocycles. The first-order chi connectivity index (χ1) is 9.15. The van der Waals surface area contributed by atoms with Gasteiger partial charge >= 0.3 is 0 Å². The first kappa shape index (κ1) is 14.1. The molecule has 0 bridgehead atoms. The second-order valence-corrected chi connectivity index (χ2v) is 5.29. The van der Waals surface area contributed by atoms with Crippen LogP contribution in [0.2, 0.25) is 0 Å². The van der Waals surface area contributed by atoms with Crippen LogP contribution in [0.3, 0.4) is 0 Å². The van der Waals surface area contributed by atoms with E-state index >= 15 is 0 Å². The van der Waals surface area contributed by atoms with Crippen LogP contribution in [0.5, 0.6) is 0 Å². The van der Waals surface area contributed by atoms with Crippen LogP contribution in [0.1, 0.15) is 24.8 Å². The average Bonchev–Trinajstić information content (AvgIpc) is 2.81. The molecule has 1 atom stereocenters. The van der Waals surface area contributed by atoms with Crippen LogP contribution in [-0.2, 0) is 23.1 Å². The third kappa shape index (κ3) is 4.36. The maximum atomic E-state index is 11.2. The molecular formula is C14H23N3O2. The molecule has 1 aromatic rings. The first-order valence-corrected chi connectivity index (χ1v) is 6.85. The maximum Gasteiger partial charge on any atom is 0.218 e. The van der Waals surface area contributed by atoms with E-state index in [1.807, 2.05) is 17.8 Å². The number of aromatic nitrogens is 1. The molecule has 0 unspecified atom stereocenters. The van der Waals surface area contributed by atoms with Gasteiger partial charge in [0.05, 0.1) is 0 Å². The Kier molecular flexibility index (Phi) is 4.99. The van der Waals surface area contributed by atoms with Gasteiger partial charge < -0.3 is 20.4 Å². The minimum Gasteiger partial charge on any atom is -0.381 e. The van der Waals surface area contributed by atoms with Crippen molar-refractivity contribution in [1.82, 2.24) is 9.88 Å². The van der Waals surface area contributed by atoms with Gasteiger partial charge in [0.2, 0.25) is 5.91 Å². The van der Waals surface area contributed by atoms with E-state index < -0.39 is 0 Å². The summed E-state index contributed by atoms with van der Waals surface area (Å²) in [6.07, 6.45) is 6.50. The zero-order chi connectivity index (χ0) is 13.7. The van der Waals surface area contributed by atoms with Crippen molar-refractivity contribution >= 4 is 5.91 Å². The SMILES string of the molecule is Cn1ccc(CN[C@@H](CC(N)=O)C2CCOCC2)c1. The summed E-state index contributed by atoms with van der Waals surface area (Å²) < 4.78 is 7.40. The first-order valence-electron chi connectivity index (χ1n) is 6.85. The van der Waals surface area contributed by atoms with Gasteiger partial charge in [-0.15, -0.1) is 0 Å². The largest absolute Gasteiger partial charge is 0.381 e. The normalized spacial score (nSPS) is 18.4. The molecule has 106 valence electrons. The zero-order valence-corrected chi connectivity index (χ0v) is 11.5. The topological polar surface area (TPSA) is 69.3 Å². The van der Waals surface area contributed by atoms with Crippen molar-refractivity contribution in [3.05, 3.63) is 24.0 Å². The molecule has 2 heterocycles. The number of rotatable bonds is 6. The molecule has 3 N–H and O–H groups in total. The average molecular weight is 265 g/mol. The molecule has 0 saturated carbocycles. The van der Waals surface area contributed by atoms with Gasteiger partial charge in [0, 0.05) is 51.7 Å². The lowest BCUT2D eigenvalue weighted by atomic mass is 9.89. The summed E-state index contributed by atoms with van der Waals surface area (Å²) >= 11 is 0. The summed E-state index contributed by atoms with van der Waals surface area (Å²) in [4.78, 5) is 11.2. The highest BCUT2D eigenvalue weighted by atomic mass is 16.5. The third-order valence-electron chi connectivity index (χ3n) is 3.72. The molecule has 0 spiro atoms. The molecule has 0 aromatic carbocycles. The lowest BCUT2D eigenvalue weighted by Crippen LogP contribution is -2.41. The Morgan fingerprint density at radius 3 is 2.89 bits per heavy atom. The molecule has 1 amide bonds. The lowest BCUT2D eigenvalue weighted by molar-refractivity contribution is -0.119. The predicted molar refractivity (Wildman–Crippen MR) is 73.4 cm³/mol. The fourth-order valence-electron chi connectivity index (χ4n) is 2.65. The van der Waals surface area contributed by atoms with E-state index in [-0.39, 0.29) is 11.9 Å². The van der Waals surface area contributed by atoms with Crippen LogP contribution < -0.4 is 11.1 Å². The minimum atomic E-state index is -0.239. The molecule has 19 heavy (non-hydrogen) atoms. The number of hydrogen-bond acceptors (Lipinski definition) is 3. The van der Waals surface area contributed by atoms with Crippen LogP contribution in [-0.4, -0.2) is 29.7 Å².